The first-order valence-corrected chi connectivity index (χ1v) is 9.84. The number of ether oxygens (including phenoxy) is 2. The molecule has 27 heavy (non-hydrogen) atoms. The van der Waals surface area contributed by atoms with Gasteiger partial charge in [-0.1, -0.05) is 18.2 Å². The second-order valence-corrected chi connectivity index (χ2v) is 7.17. The predicted octanol–water partition coefficient (Wildman–Crippen LogP) is 3.61. The quantitative estimate of drug-likeness (QED) is 0.512. The predicted molar refractivity (Wildman–Crippen MR) is 107 cm³/mol. The molecule has 0 saturated carbocycles. The zero-order chi connectivity index (χ0) is 19.8. The van der Waals surface area contributed by atoms with Gasteiger partial charge in [-0.2, -0.15) is 0 Å². The Bertz CT molecular complexity index is 789. The summed E-state index contributed by atoms with van der Waals surface area (Å²) in [5, 5.41) is 0. The highest BCUT2D eigenvalue weighted by molar-refractivity contribution is 7.98. The topological polar surface area (TPSA) is 55.8 Å². The van der Waals surface area contributed by atoms with Crippen LogP contribution in [0.5, 0.6) is 5.75 Å². The molecule has 0 aliphatic rings. The minimum Gasteiger partial charge on any atom is -0.482 e. The van der Waals surface area contributed by atoms with E-state index in [1.807, 2.05) is 56.5 Å². The molecule has 0 bridgehead atoms. The van der Waals surface area contributed by atoms with Crippen molar-refractivity contribution in [1.29, 1.82) is 0 Å². The third kappa shape index (κ3) is 6.64. The Morgan fingerprint density at radius 1 is 1.00 bits per heavy atom. The largest absolute Gasteiger partial charge is 0.482 e. The number of nitrogens with zero attached hydrogens (tertiary/aromatic N) is 1. The van der Waals surface area contributed by atoms with Gasteiger partial charge < -0.3 is 14.4 Å². The zero-order valence-electron chi connectivity index (χ0n) is 16.2. The van der Waals surface area contributed by atoms with Gasteiger partial charge in [0.05, 0.1) is 0 Å². The van der Waals surface area contributed by atoms with Crippen LogP contribution in [-0.2, 0) is 20.9 Å². The Labute approximate surface area is 164 Å². The summed E-state index contributed by atoms with van der Waals surface area (Å²) in [5.41, 5.74) is 3.26. The molecule has 0 unspecified atom stereocenters. The fraction of sp³-hybridized carbons (Fsp3) is 0.333. The van der Waals surface area contributed by atoms with Gasteiger partial charge in [-0.25, -0.2) is 4.79 Å². The number of rotatable bonds is 8. The lowest BCUT2D eigenvalue weighted by Crippen LogP contribution is -2.31. The summed E-state index contributed by atoms with van der Waals surface area (Å²) in [7, 11) is 1.68. The first-order valence-electron chi connectivity index (χ1n) is 8.61. The van der Waals surface area contributed by atoms with Crippen LogP contribution in [0.15, 0.2) is 47.4 Å². The second-order valence-electron chi connectivity index (χ2n) is 6.29. The van der Waals surface area contributed by atoms with E-state index in [1.54, 1.807) is 24.9 Å². The third-order valence-electron chi connectivity index (χ3n) is 4.20. The van der Waals surface area contributed by atoms with Crippen molar-refractivity contribution in [1.82, 2.24) is 4.90 Å². The number of esters is 1. The molecule has 0 spiro atoms. The summed E-state index contributed by atoms with van der Waals surface area (Å²) in [4.78, 5) is 26.6. The van der Waals surface area contributed by atoms with Crippen LogP contribution in [0.25, 0.3) is 0 Å². The van der Waals surface area contributed by atoms with Crippen LogP contribution >= 0.6 is 11.8 Å². The summed E-state index contributed by atoms with van der Waals surface area (Å²) in [5.74, 6) is -0.227. The standard InChI is InChI=1S/C21H25NO4S/c1-15-5-8-18(11-16(15)2)25-14-21(24)26-13-20(23)22(3)12-17-6-9-19(27-4)10-7-17/h5-11H,12-14H2,1-4H3. The average molecular weight is 388 g/mol. The normalized spacial score (nSPS) is 10.4. The lowest BCUT2D eigenvalue weighted by Gasteiger charge is -2.17. The molecule has 1 amide bonds. The van der Waals surface area contributed by atoms with E-state index < -0.39 is 5.97 Å². The van der Waals surface area contributed by atoms with Crippen molar-refractivity contribution in [2.45, 2.75) is 25.3 Å². The van der Waals surface area contributed by atoms with E-state index in [2.05, 4.69) is 0 Å². The van der Waals surface area contributed by atoms with E-state index in [1.165, 1.54) is 9.80 Å². The van der Waals surface area contributed by atoms with Crippen LogP contribution in [0.1, 0.15) is 16.7 Å². The minimum absolute atomic E-state index is 0.227. The van der Waals surface area contributed by atoms with Gasteiger partial charge in [-0.05, 0) is 61.1 Å². The number of carbonyl (C=O) groups excluding carboxylic acids is 2. The van der Waals surface area contributed by atoms with Crippen molar-refractivity contribution in [2.75, 3.05) is 26.5 Å². The van der Waals surface area contributed by atoms with Gasteiger partial charge in [0.1, 0.15) is 5.75 Å². The Morgan fingerprint density at radius 2 is 1.70 bits per heavy atom. The first-order chi connectivity index (χ1) is 12.9. The maximum absolute atomic E-state index is 12.1. The van der Waals surface area contributed by atoms with Crippen LogP contribution in [0.3, 0.4) is 0 Å². The number of likely N-dealkylation sites (N-methyl/N-ethyl adjacent to an activating group) is 1. The number of thioether (sulfide) groups is 1. The fourth-order valence-corrected chi connectivity index (χ4v) is 2.74. The average Bonchev–Trinajstić information content (AvgIpc) is 2.67. The summed E-state index contributed by atoms with van der Waals surface area (Å²) < 4.78 is 10.4. The van der Waals surface area contributed by atoms with Crippen molar-refractivity contribution >= 4 is 23.6 Å². The molecule has 0 aromatic heterocycles. The lowest BCUT2D eigenvalue weighted by atomic mass is 10.1. The fourth-order valence-electron chi connectivity index (χ4n) is 2.33. The molecule has 0 atom stereocenters. The number of benzene rings is 2. The monoisotopic (exact) mass is 387 g/mol. The van der Waals surface area contributed by atoms with Crippen LogP contribution in [0.4, 0.5) is 0 Å². The Hall–Kier alpha value is -2.47. The molecule has 0 radical (unpaired) electrons. The molecule has 0 heterocycles. The van der Waals surface area contributed by atoms with E-state index in [0.717, 1.165) is 16.7 Å². The first kappa shape index (κ1) is 20.8. The number of hydrogen-bond acceptors (Lipinski definition) is 5. The molecule has 6 heteroatoms. The summed E-state index contributed by atoms with van der Waals surface area (Å²) in [6, 6.07) is 13.6. The molecule has 0 fully saturated rings. The number of aryl methyl sites for hydroxylation is 2. The van der Waals surface area contributed by atoms with Crippen LogP contribution in [0.2, 0.25) is 0 Å². The molecular weight excluding hydrogens is 362 g/mol. The number of amides is 1. The zero-order valence-corrected chi connectivity index (χ0v) is 17.0. The van der Waals surface area contributed by atoms with Crippen LogP contribution in [0, 0.1) is 13.8 Å². The van der Waals surface area contributed by atoms with Gasteiger partial charge in [0.15, 0.2) is 13.2 Å². The van der Waals surface area contributed by atoms with E-state index in [-0.39, 0.29) is 19.1 Å². The summed E-state index contributed by atoms with van der Waals surface area (Å²) in [6.45, 7) is 3.92. The van der Waals surface area contributed by atoms with Crippen molar-refractivity contribution in [3.63, 3.8) is 0 Å². The summed E-state index contributed by atoms with van der Waals surface area (Å²) >= 11 is 1.67. The Kier molecular flexibility index (Phi) is 7.73. The van der Waals surface area contributed by atoms with E-state index >= 15 is 0 Å². The van der Waals surface area contributed by atoms with Gasteiger partial charge in [0, 0.05) is 18.5 Å². The third-order valence-corrected chi connectivity index (χ3v) is 4.94. The highest BCUT2D eigenvalue weighted by atomic mass is 32.2. The molecular formula is C21H25NO4S. The van der Waals surface area contributed by atoms with Crippen LogP contribution < -0.4 is 4.74 Å². The highest BCUT2D eigenvalue weighted by Gasteiger charge is 2.13. The van der Waals surface area contributed by atoms with Gasteiger partial charge in [-0.15, -0.1) is 11.8 Å². The highest BCUT2D eigenvalue weighted by Crippen LogP contribution is 2.17. The molecule has 2 rings (SSSR count). The molecule has 0 aliphatic heterocycles. The van der Waals surface area contributed by atoms with Crippen molar-refractivity contribution in [2.24, 2.45) is 0 Å². The SMILES string of the molecule is CSc1ccc(CN(C)C(=O)COC(=O)COc2ccc(C)c(C)c2)cc1. The Balaban J connectivity index is 1.74. The lowest BCUT2D eigenvalue weighted by molar-refractivity contribution is -0.153. The molecule has 144 valence electrons. The van der Waals surface area contributed by atoms with Crippen molar-refractivity contribution < 1.29 is 19.1 Å². The molecule has 0 N–H and O–H groups in total. The van der Waals surface area contributed by atoms with Crippen LogP contribution in [-0.4, -0.2) is 43.3 Å². The minimum atomic E-state index is -0.570. The molecule has 2 aromatic carbocycles. The van der Waals surface area contributed by atoms with Gasteiger partial charge >= 0.3 is 5.97 Å². The van der Waals surface area contributed by atoms with Crippen molar-refractivity contribution in [3.8, 4) is 5.75 Å². The van der Waals surface area contributed by atoms with E-state index in [9.17, 15) is 9.59 Å². The summed E-state index contributed by atoms with van der Waals surface area (Å²) in [6.07, 6.45) is 2.02. The Morgan fingerprint density at radius 3 is 2.33 bits per heavy atom. The van der Waals surface area contributed by atoms with Crippen molar-refractivity contribution in [3.05, 3.63) is 59.2 Å². The van der Waals surface area contributed by atoms with E-state index in [4.69, 9.17) is 9.47 Å². The molecule has 0 saturated heterocycles. The molecule has 5 nitrogen and oxygen atoms in total. The smallest absolute Gasteiger partial charge is 0.344 e. The van der Waals surface area contributed by atoms with Gasteiger partial charge in [0.25, 0.3) is 5.91 Å². The maximum atomic E-state index is 12.1. The maximum Gasteiger partial charge on any atom is 0.344 e. The number of carbonyl (C=O) groups is 2. The molecule has 2 aromatic rings. The molecule has 0 aliphatic carbocycles. The van der Waals surface area contributed by atoms with Gasteiger partial charge in [0.2, 0.25) is 0 Å². The second kappa shape index (κ2) is 10.0. The van der Waals surface area contributed by atoms with E-state index in [0.29, 0.717) is 12.3 Å². The number of hydrogen-bond donors (Lipinski definition) is 0. The van der Waals surface area contributed by atoms with Gasteiger partial charge in [-0.3, -0.25) is 4.79 Å².